The van der Waals surface area contributed by atoms with Crippen molar-refractivity contribution >= 4 is 125 Å². The van der Waals surface area contributed by atoms with Gasteiger partial charge in [0.1, 0.15) is 16.1 Å². The van der Waals surface area contributed by atoms with E-state index in [1.165, 1.54) is 121 Å². The number of rotatable bonds is 6. The maximum atomic E-state index is 2.64. The molecule has 0 spiro atoms. The molecule has 0 radical (unpaired) electrons. The summed E-state index contributed by atoms with van der Waals surface area (Å²) in [5, 5.41) is 19.0. The fourth-order valence-electron chi connectivity index (χ4n) is 12.8. The third-order valence-electron chi connectivity index (χ3n) is 15.9. The lowest BCUT2D eigenvalue weighted by atomic mass is 9.91. The monoisotopic (exact) mass is 926 g/mol. The van der Waals surface area contributed by atoms with Gasteiger partial charge in [-0.1, -0.05) is 208 Å². The van der Waals surface area contributed by atoms with Crippen molar-refractivity contribution in [3.05, 3.63) is 231 Å². The molecule has 0 atom stereocenters. The van der Waals surface area contributed by atoms with Gasteiger partial charge in [-0.2, -0.15) is 0 Å². The van der Waals surface area contributed by atoms with Gasteiger partial charge in [0.05, 0.1) is 22.7 Å². The van der Waals surface area contributed by atoms with Gasteiger partial charge in [-0.05, 0) is 124 Å². The maximum absolute atomic E-state index is 2.64. The number of nitrogens with zero attached hydrogens (tertiary/aromatic N) is 2. The minimum Gasteiger partial charge on any atom is -0.309 e. The van der Waals surface area contributed by atoms with E-state index in [1.807, 2.05) is 0 Å². The van der Waals surface area contributed by atoms with Crippen molar-refractivity contribution in [3.63, 3.8) is 0 Å². The summed E-state index contributed by atoms with van der Waals surface area (Å²) in [6.45, 7) is 10.5. The molecular formula is C66H50N2Si2. The fraction of sp³-hybridized carbons (Fsp3) is 0.0606. The van der Waals surface area contributed by atoms with Crippen LogP contribution in [0.4, 0.5) is 34.1 Å². The van der Waals surface area contributed by atoms with Gasteiger partial charge >= 0.3 is 0 Å². The summed E-state index contributed by atoms with van der Waals surface area (Å²) in [6.07, 6.45) is 0. The third-order valence-corrected chi connectivity index (χ3v) is 23.2. The highest BCUT2D eigenvalue weighted by Gasteiger charge is 2.49. The largest absolute Gasteiger partial charge is 0.309 e. The first-order valence-corrected chi connectivity index (χ1v) is 30.7. The van der Waals surface area contributed by atoms with Gasteiger partial charge in [0.2, 0.25) is 0 Å². The molecule has 332 valence electrons. The standard InChI is InChI=1S/C66H50N2Si2/c1-69(2)61-41-47(67(57-33-15-23-43-19-5-9-27-49(43)57)58-34-16-24-44-20-6-10-28-50(44)58)37-39-55(61)63-53-31-13-14-32-54(53)64-56-40-38-48(42-62(56)70(3,4)66(64)65(63)69)68(59-35-17-25-45-21-7-11-29-51(45)59)60-36-18-26-46-22-8-12-30-52(46)60/h5-42H,1-4H3. The van der Waals surface area contributed by atoms with Gasteiger partial charge in [0.25, 0.3) is 0 Å². The number of fused-ring (bicyclic) bond motifs is 14. The van der Waals surface area contributed by atoms with Gasteiger partial charge in [-0.3, -0.25) is 0 Å². The van der Waals surface area contributed by atoms with Crippen LogP contribution in [-0.2, 0) is 0 Å². The van der Waals surface area contributed by atoms with Gasteiger partial charge in [0.15, 0.2) is 0 Å². The normalized spacial score (nSPS) is 13.9. The molecule has 4 heteroatoms. The molecule has 0 unspecified atom stereocenters. The maximum Gasteiger partial charge on any atom is 0.113 e. The van der Waals surface area contributed by atoms with Crippen LogP contribution in [0.25, 0.3) is 76.1 Å². The zero-order chi connectivity index (χ0) is 46.9. The molecule has 0 aliphatic carbocycles. The van der Waals surface area contributed by atoms with E-state index < -0.39 is 16.1 Å². The molecule has 2 aliphatic rings. The molecule has 0 amide bonds. The van der Waals surface area contributed by atoms with Crippen LogP contribution in [0.2, 0.25) is 26.2 Å². The highest BCUT2D eigenvalue weighted by atomic mass is 28.3. The van der Waals surface area contributed by atoms with Crippen molar-refractivity contribution in [2.75, 3.05) is 9.80 Å². The van der Waals surface area contributed by atoms with Crippen LogP contribution < -0.4 is 30.5 Å². The first kappa shape index (κ1) is 41.0. The van der Waals surface area contributed by atoms with E-state index >= 15 is 0 Å². The van der Waals surface area contributed by atoms with E-state index in [2.05, 4.69) is 267 Å². The Bertz CT molecular complexity index is 3720. The topological polar surface area (TPSA) is 6.48 Å². The van der Waals surface area contributed by atoms with E-state index in [4.69, 9.17) is 0 Å². The van der Waals surface area contributed by atoms with Crippen LogP contribution in [-0.4, -0.2) is 16.1 Å². The predicted molar refractivity (Wildman–Crippen MR) is 308 cm³/mol. The van der Waals surface area contributed by atoms with E-state index in [-0.39, 0.29) is 0 Å². The Morgan fingerprint density at radius 2 is 0.543 bits per heavy atom. The summed E-state index contributed by atoms with van der Waals surface area (Å²) < 4.78 is 0. The summed E-state index contributed by atoms with van der Waals surface area (Å²) in [5.41, 5.74) is 12.9. The van der Waals surface area contributed by atoms with Gasteiger partial charge < -0.3 is 9.80 Å². The molecule has 12 aromatic carbocycles. The van der Waals surface area contributed by atoms with Crippen molar-refractivity contribution in [2.24, 2.45) is 0 Å². The van der Waals surface area contributed by atoms with E-state index in [1.54, 1.807) is 10.4 Å². The second-order valence-electron chi connectivity index (χ2n) is 20.4. The molecule has 2 heterocycles. The fourth-order valence-corrected chi connectivity index (χ4v) is 21.2. The van der Waals surface area contributed by atoms with Crippen LogP contribution in [0, 0.1) is 0 Å². The van der Waals surface area contributed by atoms with Gasteiger partial charge in [-0.25, -0.2) is 0 Å². The van der Waals surface area contributed by atoms with Crippen LogP contribution in [0.3, 0.4) is 0 Å². The molecule has 12 aromatic rings. The van der Waals surface area contributed by atoms with E-state index in [0.29, 0.717) is 0 Å². The summed E-state index contributed by atoms with van der Waals surface area (Å²) in [5.74, 6) is 0. The first-order chi connectivity index (χ1) is 34.3. The Balaban J connectivity index is 0.979. The van der Waals surface area contributed by atoms with Crippen LogP contribution in [0.5, 0.6) is 0 Å². The average Bonchev–Trinajstić information content (AvgIpc) is 3.78. The third kappa shape index (κ3) is 5.84. The lowest BCUT2D eigenvalue weighted by Gasteiger charge is -2.31. The Labute approximate surface area is 411 Å². The molecule has 0 aromatic heterocycles. The zero-order valence-electron chi connectivity index (χ0n) is 39.8. The molecule has 2 aliphatic heterocycles. The second kappa shape index (κ2) is 15.2. The van der Waals surface area contributed by atoms with Crippen molar-refractivity contribution < 1.29 is 0 Å². The predicted octanol–water partition coefficient (Wildman–Crippen LogP) is 16.0. The van der Waals surface area contributed by atoms with Gasteiger partial charge in [0, 0.05) is 32.9 Å². The molecule has 0 saturated carbocycles. The second-order valence-corrected chi connectivity index (χ2v) is 29.0. The lowest BCUT2D eigenvalue weighted by molar-refractivity contribution is 1.32. The lowest BCUT2D eigenvalue weighted by Crippen LogP contribution is -2.63. The van der Waals surface area contributed by atoms with Crippen LogP contribution >= 0.6 is 0 Å². The zero-order valence-corrected chi connectivity index (χ0v) is 41.8. The first-order valence-electron chi connectivity index (χ1n) is 24.7. The highest BCUT2D eigenvalue weighted by molar-refractivity contribution is 7.13. The minimum absolute atomic E-state index is 1.19. The van der Waals surface area contributed by atoms with Crippen LogP contribution in [0.1, 0.15) is 0 Å². The molecule has 0 fully saturated rings. The molecule has 0 bridgehead atoms. The summed E-state index contributed by atoms with van der Waals surface area (Å²) >= 11 is 0. The minimum atomic E-state index is -2.37. The molecule has 0 N–H and O–H groups in total. The molecule has 14 rings (SSSR count). The smallest absolute Gasteiger partial charge is 0.113 e. The van der Waals surface area contributed by atoms with Crippen LogP contribution in [0.15, 0.2) is 231 Å². The number of hydrogen-bond acceptors (Lipinski definition) is 2. The summed E-state index contributed by atoms with van der Waals surface area (Å²) in [4.78, 5) is 5.07. The van der Waals surface area contributed by atoms with Crippen molar-refractivity contribution in [1.82, 2.24) is 0 Å². The highest BCUT2D eigenvalue weighted by Crippen LogP contribution is 2.48. The molecule has 2 nitrogen and oxygen atoms in total. The van der Waals surface area contributed by atoms with E-state index in [9.17, 15) is 0 Å². The quantitative estimate of drug-likeness (QED) is 0.153. The molecule has 0 saturated heterocycles. The van der Waals surface area contributed by atoms with Crippen molar-refractivity contribution in [1.29, 1.82) is 0 Å². The van der Waals surface area contributed by atoms with Crippen molar-refractivity contribution in [3.8, 4) is 22.3 Å². The Morgan fingerprint density at radius 1 is 0.271 bits per heavy atom. The Kier molecular flexibility index (Phi) is 8.92. The Hall–Kier alpha value is -8.03. The Morgan fingerprint density at radius 3 is 0.857 bits per heavy atom. The summed E-state index contributed by atoms with van der Waals surface area (Å²) in [7, 11) is -4.75. The number of benzene rings is 12. The molecular weight excluding hydrogens is 877 g/mol. The van der Waals surface area contributed by atoms with E-state index in [0.717, 1.165) is 0 Å². The van der Waals surface area contributed by atoms with Gasteiger partial charge in [-0.15, -0.1) is 0 Å². The number of hydrogen-bond donors (Lipinski definition) is 0. The SMILES string of the molecule is C[Si]1(C)c2cc(N(c3cccc4ccccc34)c3cccc4ccccc34)ccc2-c2c1c1c(c3ccccc23)-c2ccc(N(c3cccc4ccccc34)c3cccc4ccccc34)cc2[Si]1(C)C. The summed E-state index contributed by atoms with van der Waals surface area (Å²) in [6, 6.07) is 86.6. The average molecular weight is 927 g/mol. The molecule has 70 heavy (non-hydrogen) atoms. The number of anilines is 6. The van der Waals surface area contributed by atoms with Crippen molar-refractivity contribution in [2.45, 2.75) is 26.2 Å².